The molecular weight excluding hydrogens is 408 g/mol. The van der Waals surface area contributed by atoms with Crippen LogP contribution in [0.4, 0.5) is 5.69 Å². The van der Waals surface area contributed by atoms with Crippen molar-refractivity contribution in [3.8, 4) is 5.75 Å². The van der Waals surface area contributed by atoms with Crippen molar-refractivity contribution >= 4 is 26.7 Å². The maximum atomic E-state index is 12.4. The molecule has 10 heteroatoms. The van der Waals surface area contributed by atoms with Crippen LogP contribution in [0, 0.1) is 17.0 Å². The van der Waals surface area contributed by atoms with Crippen LogP contribution in [0.15, 0.2) is 41.3 Å². The van der Waals surface area contributed by atoms with Gasteiger partial charge in [-0.25, -0.2) is 17.7 Å². The number of aromatic nitrogens is 2. The van der Waals surface area contributed by atoms with Crippen LogP contribution in [-0.2, 0) is 23.2 Å². The monoisotopic (exact) mass is 432 g/mol. The third kappa shape index (κ3) is 4.01. The van der Waals surface area contributed by atoms with Gasteiger partial charge in [-0.3, -0.25) is 10.1 Å². The fraction of sp³-hybridized carbons (Fsp3) is 0.350. The van der Waals surface area contributed by atoms with E-state index in [1.807, 2.05) is 11.5 Å². The van der Waals surface area contributed by atoms with Gasteiger partial charge in [0.05, 0.1) is 20.9 Å². The summed E-state index contributed by atoms with van der Waals surface area (Å²) < 4.78 is 33.7. The van der Waals surface area contributed by atoms with Crippen molar-refractivity contribution in [3.63, 3.8) is 0 Å². The zero-order valence-electron chi connectivity index (χ0n) is 17.3. The van der Waals surface area contributed by atoms with Crippen LogP contribution in [0.5, 0.6) is 5.75 Å². The van der Waals surface area contributed by atoms with E-state index >= 15 is 0 Å². The first-order chi connectivity index (χ1) is 14.2. The molecule has 1 aromatic heterocycles. The molecule has 0 fully saturated rings. The third-order valence-electron chi connectivity index (χ3n) is 4.76. The highest BCUT2D eigenvalue weighted by atomic mass is 32.2. The maximum absolute atomic E-state index is 12.4. The molecule has 30 heavy (non-hydrogen) atoms. The first kappa shape index (κ1) is 21.7. The molecule has 0 N–H and O–H groups in total. The Balaban J connectivity index is 2.01. The smallest absolute Gasteiger partial charge is 0.313 e. The average Bonchev–Trinajstić information content (AvgIpc) is 3.03. The molecule has 0 saturated heterocycles. The van der Waals surface area contributed by atoms with Crippen LogP contribution in [0.3, 0.4) is 0 Å². The topological polar surface area (TPSA) is 108 Å². The van der Waals surface area contributed by atoms with Gasteiger partial charge in [0, 0.05) is 26.2 Å². The second-order valence-corrected chi connectivity index (χ2v) is 9.24. The Labute approximate surface area is 175 Å². The Morgan fingerprint density at radius 1 is 1.23 bits per heavy atom. The minimum Gasteiger partial charge on any atom is -0.479 e. The number of hydrogen-bond donors (Lipinski definition) is 0. The lowest BCUT2D eigenvalue weighted by Gasteiger charge is -2.12. The average molecular weight is 433 g/mol. The summed E-state index contributed by atoms with van der Waals surface area (Å²) >= 11 is 0. The van der Waals surface area contributed by atoms with E-state index in [0.717, 1.165) is 16.2 Å². The van der Waals surface area contributed by atoms with Gasteiger partial charge in [0.15, 0.2) is 5.75 Å². The van der Waals surface area contributed by atoms with E-state index in [9.17, 15) is 18.5 Å². The summed E-state index contributed by atoms with van der Waals surface area (Å²) in [7, 11) is -0.631. The van der Waals surface area contributed by atoms with Gasteiger partial charge < -0.3 is 9.30 Å². The van der Waals surface area contributed by atoms with Crippen molar-refractivity contribution in [3.05, 3.63) is 57.9 Å². The largest absolute Gasteiger partial charge is 0.479 e. The van der Waals surface area contributed by atoms with E-state index in [1.54, 1.807) is 37.3 Å². The fourth-order valence-electron chi connectivity index (χ4n) is 3.24. The molecule has 9 nitrogen and oxygen atoms in total. The third-order valence-corrected chi connectivity index (χ3v) is 6.58. The number of rotatable bonds is 8. The van der Waals surface area contributed by atoms with Crippen molar-refractivity contribution in [1.29, 1.82) is 0 Å². The minimum absolute atomic E-state index is 0.0226. The van der Waals surface area contributed by atoms with Crippen molar-refractivity contribution in [2.45, 2.75) is 38.3 Å². The molecule has 3 rings (SSSR count). The number of fused-ring (bicyclic) bond motifs is 1. The number of benzene rings is 2. The molecule has 0 aliphatic carbocycles. The van der Waals surface area contributed by atoms with Crippen LogP contribution >= 0.6 is 0 Å². The summed E-state index contributed by atoms with van der Waals surface area (Å²) in [4.78, 5) is 15.7. The van der Waals surface area contributed by atoms with Crippen molar-refractivity contribution < 1.29 is 18.1 Å². The van der Waals surface area contributed by atoms with Crippen molar-refractivity contribution in [2.75, 3.05) is 14.1 Å². The molecular formula is C20H24N4O5S. The summed E-state index contributed by atoms with van der Waals surface area (Å²) in [5.74, 6) is 0.744. The predicted octanol–water partition coefficient (Wildman–Crippen LogP) is 3.49. The first-order valence-corrected chi connectivity index (χ1v) is 10.9. The number of nitrogens with zero attached hydrogens (tertiary/aromatic N) is 4. The molecule has 0 spiro atoms. The quantitative estimate of drug-likeness (QED) is 0.398. The molecule has 0 saturated carbocycles. The van der Waals surface area contributed by atoms with Gasteiger partial charge >= 0.3 is 5.69 Å². The number of ether oxygens (including phenoxy) is 1. The summed E-state index contributed by atoms with van der Waals surface area (Å²) in [6, 6.07) is 9.73. The van der Waals surface area contributed by atoms with E-state index in [-0.39, 0.29) is 22.9 Å². The highest BCUT2D eigenvalue weighted by Crippen LogP contribution is 2.31. The maximum Gasteiger partial charge on any atom is 0.313 e. The predicted molar refractivity (Wildman–Crippen MR) is 113 cm³/mol. The van der Waals surface area contributed by atoms with Gasteiger partial charge in [-0.15, -0.1) is 0 Å². The van der Waals surface area contributed by atoms with Gasteiger partial charge in [0.1, 0.15) is 12.4 Å². The van der Waals surface area contributed by atoms with Gasteiger partial charge in [0.2, 0.25) is 10.0 Å². The SMILES string of the molecule is CCCn1c(COc2cccc(C)c2[N+](=O)[O-])nc2cc(S(=O)(=O)N(C)C)ccc21. The number of nitro groups is 1. The number of hydrogen-bond acceptors (Lipinski definition) is 6. The summed E-state index contributed by atoms with van der Waals surface area (Å²) in [5.41, 5.74) is 1.75. The molecule has 0 aliphatic rings. The lowest BCUT2D eigenvalue weighted by atomic mass is 10.2. The lowest BCUT2D eigenvalue weighted by molar-refractivity contribution is -0.386. The van der Waals surface area contributed by atoms with Crippen LogP contribution in [0.1, 0.15) is 24.7 Å². The van der Waals surface area contributed by atoms with Gasteiger partial charge in [-0.1, -0.05) is 19.1 Å². The molecule has 0 bridgehead atoms. The number of nitro benzene ring substituents is 1. The van der Waals surface area contributed by atoms with E-state index in [4.69, 9.17) is 4.74 Å². The van der Waals surface area contributed by atoms with Gasteiger partial charge in [-0.2, -0.15) is 0 Å². The first-order valence-electron chi connectivity index (χ1n) is 9.45. The van der Waals surface area contributed by atoms with E-state index < -0.39 is 14.9 Å². The van der Waals surface area contributed by atoms with E-state index in [2.05, 4.69) is 4.98 Å². The Morgan fingerprint density at radius 3 is 2.60 bits per heavy atom. The zero-order chi connectivity index (χ0) is 22.1. The second-order valence-electron chi connectivity index (χ2n) is 7.09. The van der Waals surface area contributed by atoms with Crippen molar-refractivity contribution in [1.82, 2.24) is 13.9 Å². The molecule has 0 aliphatic heterocycles. The Bertz CT molecular complexity index is 1200. The van der Waals surface area contributed by atoms with Crippen molar-refractivity contribution in [2.24, 2.45) is 0 Å². The van der Waals surface area contributed by atoms with Crippen LogP contribution in [0.25, 0.3) is 11.0 Å². The molecule has 0 radical (unpaired) electrons. The minimum atomic E-state index is -3.58. The second kappa shape index (κ2) is 8.41. The van der Waals surface area contributed by atoms with Crippen LogP contribution in [0.2, 0.25) is 0 Å². The normalized spacial score (nSPS) is 11.9. The summed E-state index contributed by atoms with van der Waals surface area (Å²) in [6.07, 6.45) is 0.834. The van der Waals surface area contributed by atoms with Crippen LogP contribution < -0.4 is 4.74 Å². The highest BCUT2D eigenvalue weighted by molar-refractivity contribution is 7.89. The summed E-state index contributed by atoms with van der Waals surface area (Å²) in [6.45, 7) is 4.36. The number of para-hydroxylation sites is 1. The molecule has 0 atom stereocenters. The lowest BCUT2D eigenvalue weighted by Crippen LogP contribution is -2.22. The molecule has 160 valence electrons. The molecule has 0 unspecified atom stereocenters. The fourth-order valence-corrected chi connectivity index (χ4v) is 4.16. The molecule has 2 aromatic carbocycles. The highest BCUT2D eigenvalue weighted by Gasteiger charge is 2.21. The van der Waals surface area contributed by atoms with Crippen LogP contribution in [-0.4, -0.2) is 41.3 Å². The number of aryl methyl sites for hydroxylation is 2. The number of imidazole rings is 1. The molecule has 1 heterocycles. The van der Waals surface area contributed by atoms with E-state index in [0.29, 0.717) is 23.4 Å². The Hall–Kier alpha value is -2.98. The summed E-state index contributed by atoms with van der Waals surface area (Å²) in [5, 5.41) is 11.4. The zero-order valence-corrected chi connectivity index (χ0v) is 18.1. The van der Waals surface area contributed by atoms with Gasteiger partial charge in [0.25, 0.3) is 0 Å². The molecule has 3 aromatic rings. The Kier molecular flexibility index (Phi) is 6.09. The number of sulfonamides is 1. The van der Waals surface area contributed by atoms with E-state index in [1.165, 1.54) is 20.2 Å². The molecule has 0 amide bonds. The van der Waals surface area contributed by atoms with Gasteiger partial charge in [-0.05, 0) is 37.6 Å². The standard InChI is InChI=1S/C20H24N4O5S/c1-5-11-23-17-10-9-15(30(27,28)22(3)4)12-16(17)21-19(23)13-29-18-8-6-7-14(2)20(18)24(25)26/h6-10,12H,5,11,13H2,1-4H3. The Morgan fingerprint density at radius 2 is 1.97 bits per heavy atom.